The first-order valence-corrected chi connectivity index (χ1v) is 39.7. The Morgan fingerprint density at radius 3 is 0.833 bits per heavy atom. The number of unbranched alkanes of at least 4 members (excludes halogenated alkanes) is 22. The molecular weight excluding hydrogens is 1210 g/mol. The fourth-order valence-corrected chi connectivity index (χ4v) is 10.6. The van der Waals surface area contributed by atoms with Crippen LogP contribution in [0.1, 0.15) is 284 Å². The van der Waals surface area contributed by atoms with Crippen molar-refractivity contribution in [1.29, 1.82) is 0 Å². The van der Waals surface area contributed by atoms with Crippen molar-refractivity contribution in [3.8, 4) is 0 Å². The molecule has 0 aromatic carbocycles. The fraction of sp³-hybridized carbons (Fsp3) is 0.605. The summed E-state index contributed by atoms with van der Waals surface area (Å²) in [5.74, 6) is -0.821. The molecule has 9 nitrogen and oxygen atoms in total. The summed E-state index contributed by atoms with van der Waals surface area (Å²) in [6.07, 6.45) is 115. The average Bonchev–Trinajstić information content (AvgIpc) is 2.54. The summed E-state index contributed by atoms with van der Waals surface area (Å²) in [5.41, 5.74) is 0. The van der Waals surface area contributed by atoms with Gasteiger partial charge in [-0.3, -0.25) is 18.6 Å². The Hall–Kier alpha value is -5.15. The van der Waals surface area contributed by atoms with Crippen molar-refractivity contribution in [2.45, 2.75) is 290 Å². The van der Waals surface area contributed by atoms with Gasteiger partial charge >= 0.3 is 19.8 Å². The number of esters is 2. The van der Waals surface area contributed by atoms with Gasteiger partial charge in [-0.05, 0) is 141 Å². The minimum absolute atomic E-state index is 0.0203. The number of ether oxygens (including phenoxy) is 2. The van der Waals surface area contributed by atoms with Gasteiger partial charge < -0.3 is 18.9 Å². The molecule has 0 aliphatic rings. The maximum Gasteiger partial charge on any atom is 0.472 e. The standard InChI is InChI=1S/C86H140NO8P/c1-6-8-10-12-14-16-18-20-22-24-26-28-30-32-34-36-38-39-40-41-42-43-44-45-46-47-49-51-53-55-57-59-61-63-65-67-69-71-73-75-77-79-86(89)95-84(83-94-96(90,91)93-81-80-87(3,4)5)82-92-85(88)78-76-74-72-70-68-66-64-62-60-58-56-54-52-50-48-37-35-33-31-29-27-25-23-21-19-17-15-13-11-9-7-2/h8-11,14-17,20-23,26-29,32-35,38-39,41-42,44-45,48,50,54,56,60,62,84H,6-7,12-13,18-19,24-25,30-31,36-37,40,43,46-47,49,51-53,55,57-59,61,63-83H2,1-5H3/p+1/b10-8-,11-9-,16-14-,17-15-,22-20-,23-21-,28-26-,29-27-,34-32-,35-33-,39-38-,42-41-,45-44-,50-48-,56-54-,62-60-. The molecule has 0 spiro atoms. The maximum atomic E-state index is 12.9. The van der Waals surface area contributed by atoms with Crippen LogP contribution in [0.3, 0.4) is 0 Å². The highest BCUT2D eigenvalue weighted by Gasteiger charge is 2.27. The van der Waals surface area contributed by atoms with Crippen molar-refractivity contribution >= 4 is 19.8 Å². The van der Waals surface area contributed by atoms with E-state index in [0.29, 0.717) is 23.9 Å². The van der Waals surface area contributed by atoms with Gasteiger partial charge in [0.1, 0.15) is 19.8 Å². The van der Waals surface area contributed by atoms with Gasteiger partial charge in [0.2, 0.25) is 0 Å². The van der Waals surface area contributed by atoms with E-state index in [1.807, 2.05) is 21.1 Å². The first-order valence-electron chi connectivity index (χ1n) is 38.2. The molecule has 0 aliphatic heterocycles. The van der Waals surface area contributed by atoms with Crippen LogP contribution < -0.4 is 0 Å². The third-order valence-electron chi connectivity index (χ3n) is 15.6. The van der Waals surface area contributed by atoms with E-state index in [9.17, 15) is 19.0 Å². The van der Waals surface area contributed by atoms with Gasteiger partial charge in [-0.25, -0.2) is 4.57 Å². The normalized spacial score (nSPS) is 14.2. The number of nitrogens with zero attached hydrogens (tertiary/aromatic N) is 1. The van der Waals surface area contributed by atoms with E-state index >= 15 is 0 Å². The smallest absolute Gasteiger partial charge is 0.462 e. The molecule has 0 bridgehead atoms. The van der Waals surface area contributed by atoms with Crippen molar-refractivity contribution in [3.63, 3.8) is 0 Å². The zero-order valence-corrected chi connectivity index (χ0v) is 62.7. The summed E-state index contributed by atoms with van der Waals surface area (Å²) in [7, 11) is 1.45. The Kier molecular flexibility index (Phi) is 70.1. The predicted molar refractivity (Wildman–Crippen MR) is 417 cm³/mol. The van der Waals surface area contributed by atoms with Crippen LogP contribution in [0.2, 0.25) is 0 Å². The van der Waals surface area contributed by atoms with Crippen LogP contribution >= 0.6 is 7.82 Å². The Balaban J connectivity index is 4.08. The van der Waals surface area contributed by atoms with E-state index < -0.39 is 26.5 Å². The number of quaternary nitrogens is 1. The van der Waals surface area contributed by atoms with E-state index in [1.54, 1.807) is 0 Å². The Morgan fingerprint density at radius 1 is 0.323 bits per heavy atom. The number of phosphoric acid groups is 1. The van der Waals surface area contributed by atoms with Crippen LogP contribution in [0.15, 0.2) is 194 Å². The van der Waals surface area contributed by atoms with E-state index in [2.05, 4.69) is 208 Å². The summed E-state index contributed by atoms with van der Waals surface area (Å²) in [6, 6.07) is 0. The Morgan fingerprint density at radius 2 is 0.562 bits per heavy atom. The highest BCUT2D eigenvalue weighted by Crippen LogP contribution is 2.43. The van der Waals surface area contributed by atoms with Gasteiger partial charge in [-0.15, -0.1) is 0 Å². The van der Waals surface area contributed by atoms with E-state index in [1.165, 1.54) is 83.5 Å². The van der Waals surface area contributed by atoms with Crippen molar-refractivity contribution < 1.29 is 42.1 Å². The Labute approximate surface area is 590 Å². The minimum atomic E-state index is -4.41. The molecule has 2 atom stereocenters. The van der Waals surface area contributed by atoms with Crippen molar-refractivity contribution in [2.75, 3.05) is 47.5 Å². The molecule has 96 heavy (non-hydrogen) atoms. The number of phosphoric ester groups is 1. The molecule has 542 valence electrons. The number of likely N-dealkylation sites (N-methyl/N-ethyl adjacent to an activating group) is 1. The second-order valence-electron chi connectivity index (χ2n) is 25.9. The summed E-state index contributed by atoms with van der Waals surface area (Å²) in [6.45, 7) is 4.18. The molecule has 2 unspecified atom stereocenters. The van der Waals surface area contributed by atoms with Crippen LogP contribution in [0, 0.1) is 0 Å². The fourth-order valence-electron chi connectivity index (χ4n) is 9.87. The van der Waals surface area contributed by atoms with Gasteiger partial charge in [0, 0.05) is 12.8 Å². The molecule has 10 heteroatoms. The van der Waals surface area contributed by atoms with Crippen LogP contribution in [-0.4, -0.2) is 74.9 Å². The lowest BCUT2D eigenvalue weighted by molar-refractivity contribution is -0.870. The van der Waals surface area contributed by atoms with Gasteiger partial charge in [-0.1, -0.05) is 324 Å². The van der Waals surface area contributed by atoms with Crippen molar-refractivity contribution in [2.24, 2.45) is 0 Å². The van der Waals surface area contributed by atoms with E-state index in [-0.39, 0.29) is 32.0 Å². The number of rotatable bonds is 68. The minimum Gasteiger partial charge on any atom is -0.462 e. The van der Waals surface area contributed by atoms with Crippen LogP contribution in [0.5, 0.6) is 0 Å². The number of hydrogen-bond acceptors (Lipinski definition) is 7. The van der Waals surface area contributed by atoms with E-state index in [4.69, 9.17) is 18.5 Å². The Bertz CT molecular complexity index is 2330. The topological polar surface area (TPSA) is 108 Å². The quantitative estimate of drug-likeness (QED) is 0.0211. The maximum absolute atomic E-state index is 12.9. The lowest BCUT2D eigenvalue weighted by atomic mass is 10.0. The average molecular weight is 1350 g/mol. The van der Waals surface area contributed by atoms with Gasteiger partial charge in [0.25, 0.3) is 0 Å². The molecular formula is C86H141NO8P+. The largest absolute Gasteiger partial charge is 0.472 e. The summed E-state index contributed by atoms with van der Waals surface area (Å²) in [5, 5.41) is 0. The molecule has 0 fully saturated rings. The molecule has 0 heterocycles. The molecule has 0 amide bonds. The molecule has 0 radical (unpaired) electrons. The van der Waals surface area contributed by atoms with Crippen LogP contribution in [0.25, 0.3) is 0 Å². The first kappa shape index (κ1) is 90.8. The molecule has 0 aromatic rings. The zero-order valence-electron chi connectivity index (χ0n) is 61.8. The molecule has 0 aromatic heterocycles. The summed E-state index contributed by atoms with van der Waals surface area (Å²) in [4.78, 5) is 36.0. The van der Waals surface area contributed by atoms with Crippen molar-refractivity contribution in [1.82, 2.24) is 0 Å². The van der Waals surface area contributed by atoms with Crippen LogP contribution in [0.4, 0.5) is 0 Å². The molecule has 0 aliphatic carbocycles. The lowest BCUT2D eigenvalue weighted by Crippen LogP contribution is -2.37. The first-order chi connectivity index (χ1) is 47.0. The molecule has 0 saturated heterocycles. The number of carbonyl (C=O) groups is 2. The zero-order chi connectivity index (χ0) is 69.7. The summed E-state index contributed by atoms with van der Waals surface area (Å²) < 4.78 is 34.8. The predicted octanol–water partition coefficient (Wildman–Crippen LogP) is 25.6. The highest BCUT2D eigenvalue weighted by molar-refractivity contribution is 7.47. The second-order valence-corrected chi connectivity index (χ2v) is 27.4. The number of allylic oxidation sites excluding steroid dienone is 32. The summed E-state index contributed by atoms with van der Waals surface area (Å²) >= 11 is 0. The third-order valence-corrected chi connectivity index (χ3v) is 16.6. The number of carbonyl (C=O) groups excluding carboxylic acids is 2. The van der Waals surface area contributed by atoms with Gasteiger partial charge in [0.05, 0.1) is 27.7 Å². The van der Waals surface area contributed by atoms with E-state index in [0.717, 1.165) is 161 Å². The molecule has 1 N–H and O–H groups in total. The monoisotopic (exact) mass is 1350 g/mol. The van der Waals surface area contributed by atoms with Gasteiger partial charge in [0.15, 0.2) is 6.10 Å². The van der Waals surface area contributed by atoms with Gasteiger partial charge in [-0.2, -0.15) is 0 Å². The second kappa shape index (κ2) is 74.1. The SMILES string of the molecule is CC/C=C\C/C=C\C/C=C\C/C=C\C/C=C\C/C=C\C/C=C\C/C=C\CCCCCCCCCCCCCCCCCCC(=O)OC(COC(=O)CCCCCCCC/C=C\C/C=C\C/C=C\C/C=C\C/C=C\C/C=C\C/C=C\C/C=C\CC)COP(=O)(O)OCC[N+](C)(C)C. The highest BCUT2D eigenvalue weighted by atomic mass is 31.2. The molecule has 0 saturated carbocycles. The van der Waals surface area contributed by atoms with Crippen molar-refractivity contribution in [3.05, 3.63) is 194 Å². The lowest BCUT2D eigenvalue weighted by Gasteiger charge is -2.24. The van der Waals surface area contributed by atoms with Crippen LogP contribution in [-0.2, 0) is 32.7 Å². The molecule has 0 rings (SSSR count). The third kappa shape index (κ3) is 77.9. The number of hydrogen-bond donors (Lipinski definition) is 1.